The highest BCUT2D eigenvalue weighted by molar-refractivity contribution is 6.01. The van der Waals surface area contributed by atoms with Crippen LogP contribution >= 0.6 is 0 Å². The second-order valence-corrected chi connectivity index (χ2v) is 3.89. The molecule has 0 aliphatic carbocycles. The Hall–Kier alpha value is -2.90. The molecular formula is C12H13N5O3. The molecule has 1 heterocycles. The fraction of sp³-hybridized carbons (Fsp3) is 0.167. The van der Waals surface area contributed by atoms with Crippen LogP contribution in [0.3, 0.4) is 0 Å². The van der Waals surface area contributed by atoms with E-state index in [9.17, 15) is 9.59 Å². The molecule has 2 aromatic rings. The molecule has 20 heavy (non-hydrogen) atoms. The van der Waals surface area contributed by atoms with Crippen LogP contribution in [-0.4, -0.2) is 34.3 Å². The van der Waals surface area contributed by atoms with Gasteiger partial charge in [-0.15, -0.1) is 5.10 Å². The maximum absolute atomic E-state index is 11.8. The van der Waals surface area contributed by atoms with Crippen molar-refractivity contribution in [3.8, 4) is 0 Å². The van der Waals surface area contributed by atoms with Gasteiger partial charge >= 0.3 is 6.09 Å². The van der Waals surface area contributed by atoms with Crippen LogP contribution in [0.25, 0.3) is 0 Å². The maximum atomic E-state index is 11.8. The quantitative estimate of drug-likeness (QED) is 0.787. The van der Waals surface area contributed by atoms with Gasteiger partial charge in [0.05, 0.1) is 7.11 Å². The zero-order chi connectivity index (χ0) is 14.5. The van der Waals surface area contributed by atoms with Crippen molar-refractivity contribution in [3.63, 3.8) is 0 Å². The van der Waals surface area contributed by atoms with Gasteiger partial charge in [0.15, 0.2) is 0 Å². The molecule has 104 valence electrons. The number of nitrogens with one attached hydrogen (secondary N) is 3. The number of amides is 2. The van der Waals surface area contributed by atoms with Crippen LogP contribution in [0.5, 0.6) is 0 Å². The summed E-state index contributed by atoms with van der Waals surface area (Å²) in [4.78, 5) is 26.7. The van der Waals surface area contributed by atoms with Gasteiger partial charge in [-0.25, -0.2) is 9.78 Å². The molecule has 1 aromatic heterocycles. The van der Waals surface area contributed by atoms with Crippen molar-refractivity contribution in [2.75, 3.05) is 17.7 Å². The van der Waals surface area contributed by atoms with Gasteiger partial charge in [0.25, 0.3) is 5.91 Å². The van der Waals surface area contributed by atoms with E-state index in [1.54, 1.807) is 31.2 Å². The van der Waals surface area contributed by atoms with Crippen LogP contribution in [0.1, 0.15) is 16.4 Å². The number of carbonyl (C=O) groups is 2. The zero-order valence-electron chi connectivity index (χ0n) is 10.9. The van der Waals surface area contributed by atoms with E-state index in [1.807, 2.05) is 0 Å². The molecule has 2 rings (SSSR count). The van der Waals surface area contributed by atoms with Crippen molar-refractivity contribution >= 4 is 23.4 Å². The minimum atomic E-state index is -0.557. The number of nitrogens with zero attached hydrogens (tertiary/aromatic N) is 2. The van der Waals surface area contributed by atoms with Crippen molar-refractivity contribution < 1.29 is 14.3 Å². The van der Waals surface area contributed by atoms with Gasteiger partial charge in [-0.3, -0.25) is 15.2 Å². The number of aromatic amines is 1. The van der Waals surface area contributed by atoms with Gasteiger partial charge in [0, 0.05) is 11.4 Å². The van der Waals surface area contributed by atoms with Gasteiger partial charge < -0.3 is 10.1 Å². The van der Waals surface area contributed by atoms with Crippen LogP contribution in [0, 0.1) is 6.92 Å². The third kappa shape index (κ3) is 3.31. The molecule has 0 bridgehead atoms. The first-order valence-electron chi connectivity index (χ1n) is 5.74. The first-order valence-corrected chi connectivity index (χ1v) is 5.74. The van der Waals surface area contributed by atoms with E-state index in [0.29, 0.717) is 17.2 Å². The van der Waals surface area contributed by atoms with Crippen LogP contribution in [0.15, 0.2) is 24.3 Å². The van der Waals surface area contributed by atoms with Gasteiger partial charge in [-0.05, 0) is 31.2 Å². The van der Waals surface area contributed by atoms with E-state index in [2.05, 4.69) is 30.6 Å². The number of rotatable bonds is 3. The third-order valence-corrected chi connectivity index (χ3v) is 2.37. The summed E-state index contributed by atoms with van der Waals surface area (Å²) in [6, 6.07) is 6.55. The number of hydrogen-bond acceptors (Lipinski definition) is 5. The molecular weight excluding hydrogens is 262 g/mol. The fourth-order valence-electron chi connectivity index (χ4n) is 1.44. The summed E-state index contributed by atoms with van der Waals surface area (Å²) in [6.07, 6.45) is -0.557. The molecule has 2 amide bonds. The Morgan fingerprint density at radius 1 is 1.15 bits per heavy atom. The maximum Gasteiger partial charge on any atom is 0.411 e. The number of carbonyl (C=O) groups excluding carboxylic acids is 2. The lowest BCUT2D eigenvalue weighted by molar-refractivity contribution is 0.101. The third-order valence-electron chi connectivity index (χ3n) is 2.37. The van der Waals surface area contributed by atoms with Crippen molar-refractivity contribution in [3.05, 3.63) is 35.9 Å². The number of aromatic nitrogens is 3. The average molecular weight is 275 g/mol. The van der Waals surface area contributed by atoms with Crippen molar-refractivity contribution in [1.29, 1.82) is 0 Å². The van der Waals surface area contributed by atoms with E-state index in [-0.39, 0.29) is 5.82 Å². The van der Waals surface area contributed by atoms with E-state index in [4.69, 9.17) is 0 Å². The normalized spacial score (nSPS) is 9.90. The molecule has 0 radical (unpaired) electrons. The summed E-state index contributed by atoms with van der Waals surface area (Å²) < 4.78 is 4.47. The Labute approximate surface area is 114 Å². The minimum Gasteiger partial charge on any atom is -0.453 e. The highest BCUT2D eigenvalue weighted by atomic mass is 16.5. The SMILES string of the molecule is COC(=O)Nc1ccc(NC(=O)c2n[nH]c(C)n2)cc1. The van der Waals surface area contributed by atoms with Crippen molar-refractivity contribution in [2.45, 2.75) is 6.92 Å². The van der Waals surface area contributed by atoms with Gasteiger partial charge in [-0.2, -0.15) is 0 Å². The largest absolute Gasteiger partial charge is 0.453 e. The molecule has 8 heteroatoms. The van der Waals surface area contributed by atoms with E-state index in [0.717, 1.165) is 0 Å². The van der Waals surface area contributed by atoms with Gasteiger partial charge in [0.1, 0.15) is 5.82 Å². The van der Waals surface area contributed by atoms with Crippen LogP contribution in [-0.2, 0) is 4.74 Å². The molecule has 0 fully saturated rings. The lowest BCUT2D eigenvalue weighted by Gasteiger charge is -2.05. The Morgan fingerprint density at radius 2 is 1.75 bits per heavy atom. The highest BCUT2D eigenvalue weighted by Crippen LogP contribution is 2.14. The molecule has 0 aliphatic rings. The summed E-state index contributed by atoms with van der Waals surface area (Å²) in [6.45, 7) is 1.71. The predicted molar refractivity (Wildman–Crippen MR) is 71.5 cm³/mol. The monoisotopic (exact) mass is 275 g/mol. The molecule has 0 unspecified atom stereocenters. The van der Waals surface area contributed by atoms with E-state index >= 15 is 0 Å². The lowest BCUT2D eigenvalue weighted by Crippen LogP contribution is -2.14. The molecule has 1 aromatic carbocycles. The van der Waals surface area contributed by atoms with E-state index < -0.39 is 12.0 Å². The number of aryl methyl sites for hydroxylation is 1. The van der Waals surface area contributed by atoms with Crippen LogP contribution in [0.4, 0.5) is 16.2 Å². The molecule has 0 saturated carbocycles. The Bertz CT molecular complexity index is 620. The molecule has 0 atom stereocenters. The standard InChI is InChI=1S/C12H13N5O3/c1-7-13-10(17-16-7)11(18)14-8-3-5-9(6-4-8)15-12(19)20-2/h3-6H,1-2H3,(H,14,18)(H,15,19)(H,13,16,17). The molecule has 8 nitrogen and oxygen atoms in total. The Kier molecular flexibility index (Phi) is 3.94. The van der Waals surface area contributed by atoms with Crippen molar-refractivity contribution in [2.24, 2.45) is 0 Å². The minimum absolute atomic E-state index is 0.0688. The summed E-state index contributed by atoms with van der Waals surface area (Å²) >= 11 is 0. The number of ether oxygens (including phenoxy) is 1. The van der Waals surface area contributed by atoms with Crippen LogP contribution < -0.4 is 10.6 Å². The summed E-state index contributed by atoms with van der Waals surface area (Å²) in [5.74, 6) is 0.218. The summed E-state index contributed by atoms with van der Waals surface area (Å²) in [5.41, 5.74) is 1.12. The number of H-pyrrole nitrogens is 1. The zero-order valence-corrected chi connectivity index (χ0v) is 10.9. The Balaban J connectivity index is 2.00. The predicted octanol–water partition coefficient (Wildman–Crippen LogP) is 1.54. The van der Waals surface area contributed by atoms with Gasteiger partial charge in [0.2, 0.25) is 5.82 Å². The molecule has 0 spiro atoms. The fourth-order valence-corrected chi connectivity index (χ4v) is 1.44. The number of hydrogen-bond donors (Lipinski definition) is 3. The van der Waals surface area contributed by atoms with E-state index in [1.165, 1.54) is 7.11 Å². The number of methoxy groups -OCH3 is 1. The van der Waals surface area contributed by atoms with Gasteiger partial charge in [-0.1, -0.05) is 0 Å². The summed E-state index contributed by atoms with van der Waals surface area (Å²) in [5, 5.41) is 11.5. The number of anilines is 2. The molecule has 0 aliphatic heterocycles. The van der Waals surface area contributed by atoms with Crippen LogP contribution in [0.2, 0.25) is 0 Å². The smallest absolute Gasteiger partial charge is 0.411 e. The van der Waals surface area contributed by atoms with Crippen molar-refractivity contribution in [1.82, 2.24) is 15.2 Å². The second kappa shape index (κ2) is 5.83. The highest BCUT2D eigenvalue weighted by Gasteiger charge is 2.11. The first-order chi connectivity index (χ1) is 9.58. The molecule has 3 N–H and O–H groups in total. The Morgan fingerprint density at radius 3 is 2.25 bits per heavy atom. The number of benzene rings is 1. The topological polar surface area (TPSA) is 109 Å². The molecule has 0 saturated heterocycles. The lowest BCUT2D eigenvalue weighted by atomic mass is 10.3. The first kappa shape index (κ1) is 13.5. The average Bonchev–Trinajstić information content (AvgIpc) is 2.87. The summed E-state index contributed by atoms with van der Waals surface area (Å²) in [7, 11) is 1.28. The second-order valence-electron chi connectivity index (χ2n) is 3.89.